The molecule has 0 spiro atoms. The Hall–Kier alpha value is -1.97. The summed E-state index contributed by atoms with van der Waals surface area (Å²) in [4.78, 5) is 11.7. The van der Waals surface area contributed by atoms with E-state index in [-0.39, 0.29) is 17.9 Å². The van der Waals surface area contributed by atoms with Gasteiger partial charge in [-0.25, -0.2) is 0 Å². The lowest BCUT2D eigenvalue weighted by atomic mass is 9.83. The summed E-state index contributed by atoms with van der Waals surface area (Å²) in [5, 5.41) is 0. The van der Waals surface area contributed by atoms with Crippen molar-refractivity contribution in [2.75, 3.05) is 0 Å². The van der Waals surface area contributed by atoms with Gasteiger partial charge in [-0.15, -0.1) is 0 Å². The van der Waals surface area contributed by atoms with Gasteiger partial charge >= 0.3 is 0 Å². The van der Waals surface area contributed by atoms with E-state index in [1.54, 1.807) is 0 Å². The lowest BCUT2D eigenvalue weighted by molar-refractivity contribution is -0.109. The standard InChI is InChI=1S/C20H22O2Si/c1-14-18(11-12-20(14)22-23)19(13-21)17-9-7-16(8-10-17)15-5-3-2-4-6-15/h2-10,13,18-20H,1,11-12H2,23H3. The normalized spacial score (nSPS) is 22.2. The fourth-order valence-electron chi connectivity index (χ4n) is 3.55. The molecule has 2 aromatic rings. The maximum absolute atomic E-state index is 11.7. The van der Waals surface area contributed by atoms with Gasteiger partial charge in [0.1, 0.15) is 16.8 Å². The minimum absolute atomic E-state index is 0.117. The zero-order valence-corrected chi connectivity index (χ0v) is 15.4. The summed E-state index contributed by atoms with van der Waals surface area (Å²) in [6, 6.07) is 18.6. The second-order valence-electron chi connectivity index (χ2n) is 6.13. The van der Waals surface area contributed by atoms with E-state index in [1.807, 2.05) is 18.2 Å². The highest BCUT2D eigenvalue weighted by Crippen LogP contribution is 2.41. The first-order valence-corrected chi connectivity index (χ1v) is 8.88. The number of hydrogen-bond acceptors (Lipinski definition) is 2. The van der Waals surface area contributed by atoms with Crippen LogP contribution in [0, 0.1) is 5.92 Å². The molecule has 118 valence electrons. The SMILES string of the molecule is C=C1C(O[SiH3])CCC1C(C=O)c1ccc(-c2ccccc2)cc1. The molecule has 2 aromatic carbocycles. The lowest BCUT2D eigenvalue weighted by Gasteiger charge is -2.21. The monoisotopic (exact) mass is 322 g/mol. The van der Waals surface area contributed by atoms with E-state index in [0.717, 1.165) is 30.3 Å². The van der Waals surface area contributed by atoms with Gasteiger partial charge in [0.15, 0.2) is 0 Å². The maximum Gasteiger partial charge on any atom is 0.146 e. The Morgan fingerprint density at radius 2 is 1.70 bits per heavy atom. The predicted octanol–water partition coefficient (Wildman–Crippen LogP) is 3.27. The minimum atomic E-state index is -0.117. The van der Waals surface area contributed by atoms with Crippen LogP contribution in [0.25, 0.3) is 11.1 Å². The van der Waals surface area contributed by atoms with E-state index in [9.17, 15) is 4.79 Å². The maximum atomic E-state index is 11.7. The second kappa shape index (κ2) is 7.07. The Morgan fingerprint density at radius 3 is 2.26 bits per heavy atom. The van der Waals surface area contributed by atoms with Crippen LogP contribution in [0.3, 0.4) is 0 Å². The molecule has 1 aliphatic carbocycles. The van der Waals surface area contributed by atoms with E-state index in [1.165, 1.54) is 11.1 Å². The van der Waals surface area contributed by atoms with Gasteiger partial charge in [-0.2, -0.15) is 0 Å². The van der Waals surface area contributed by atoms with Crippen LogP contribution in [0.5, 0.6) is 0 Å². The Labute approximate surface area is 140 Å². The molecule has 0 bridgehead atoms. The Morgan fingerprint density at radius 1 is 1.04 bits per heavy atom. The number of hydrogen-bond donors (Lipinski definition) is 0. The predicted molar refractivity (Wildman–Crippen MR) is 97.4 cm³/mol. The molecule has 3 unspecified atom stereocenters. The van der Waals surface area contributed by atoms with Crippen molar-refractivity contribution in [1.82, 2.24) is 0 Å². The molecule has 0 aromatic heterocycles. The third-order valence-corrected chi connectivity index (χ3v) is 5.47. The van der Waals surface area contributed by atoms with Gasteiger partial charge in [0.2, 0.25) is 0 Å². The minimum Gasteiger partial charge on any atom is -0.421 e. The van der Waals surface area contributed by atoms with Gasteiger partial charge in [-0.1, -0.05) is 61.2 Å². The number of aldehydes is 1. The van der Waals surface area contributed by atoms with Crippen molar-refractivity contribution in [3.8, 4) is 11.1 Å². The molecule has 0 heterocycles. The van der Waals surface area contributed by atoms with Crippen LogP contribution in [-0.2, 0) is 9.22 Å². The van der Waals surface area contributed by atoms with Crippen LogP contribution >= 0.6 is 0 Å². The van der Waals surface area contributed by atoms with Gasteiger partial charge in [-0.3, -0.25) is 0 Å². The topological polar surface area (TPSA) is 26.3 Å². The van der Waals surface area contributed by atoms with E-state index < -0.39 is 0 Å². The quantitative estimate of drug-likeness (QED) is 0.480. The summed E-state index contributed by atoms with van der Waals surface area (Å²) in [7, 11) is 0.714. The molecule has 1 saturated carbocycles. The van der Waals surface area contributed by atoms with Gasteiger partial charge in [-0.05, 0) is 41.0 Å². The van der Waals surface area contributed by atoms with Gasteiger partial charge < -0.3 is 9.22 Å². The van der Waals surface area contributed by atoms with E-state index in [0.29, 0.717) is 10.5 Å². The first-order valence-electron chi connectivity index (χ1n) is 8.06. The lowest BCUT2D eigenvalue weighted by Crippen LogP contribution is -2.16. The molecule has 0 amide bonds. The van der Waals surface area contributed by atoms with Gasteiger partial charge in [0.25, 0.3) is 0 Å². The van der Waals surface area contributed by atoms with Crippen molar-refractivity contribution >= 4 is 16.8 Å². The van der Waals surface area contributed by atoms with Crippen molar-refractivity contribution in [3.63, 3.8) is 0 Å². The Balaban J connectivity index is 1.83. The van der Waals surface area contributed by atoms with E-state index >= 15 is 0 Å². The third kappa shape index (κ3) is 3.21. The van der Waals surface area contributed by atoms with Crippen LogP contribution in [0.1, 0.15) is 24.3 Å². The molecular formula is C20H22O2Si. The van der Waals surface area contributed by atoms with Crippen LogP contribution in [0.15, 0.2) is 66.7 Å². The molecular weight excluding hydrogens is 300 g/mol. The summed E-state index contributed by atoms with van der Waals surface area (Å²) in [5.41, 5.74) is 4.52. The van der Waals surface area contributed by atoms with Crippen LogP contribution in [-0.4, -0.2) is 22.9 Å². The first kappa shape index (κ1) is 15.9. The van der Waals surface area contributed by atoms with Gasteiger partial charge in [0.05, 0.1) is 6.10 Å². The summed E-state index contributed by atoms with van der Waals surface area (Å²) in [6.45, 7) is 4.19. The number of rotatable bonds is 5. The molecule has 3 rings (SSSR count). The summed E-state index contributed by atoms with van der Waals surface area (Å²) < 4.78 is 5.58. The molecule has 0 aliphatic heterocycles. The summed E-state index contributed by atoms with van der Waals surface area (Å²) in [6.07, 6.45) is 3.19. The van der Waals surface area contributed by atoms with Crippen LogP contribution < -0.4 is 0 Å². The Kier molecular flexibility index (Phi) is 4.89. The third-order valence-electron chi connectivity index (χ3n) is 4.90. The van der Waals surface area contributed by atoms with E-state index in [4.69, 9.17) is 4.43 Å². The van der Waals surface area contributed by atoms with E-state index in [2.05, 4.69) is 43.0 Å². The second-order valence-corrected chi connectivity index (χ2v) is 6.60. The molecule has 0 N–H and O–H groups in total. The molecule has 0 saturated heterocycles. The smallest absolute Gasteiger partial charge is 0.146 e. The average molecular weight is 322 g/mol. The van der Waals surface area contributed by atoms with Crippen LogP contribution in [0.2, 0.25) is 0 Å². The molecule has 0 radical (unpaired) electrons. The number of benzene rings is 2. The molecule has 23 heavy (non-hydrogen) atoms. The highest BCUT2D eigenvalue weighted by molar-refractivity contribution is 5.98. The zero-order chi connectivity index (χ0) is 16.2. The molecule has 1 aliphatic rings. The van der Waals surface area contributed by atoms with Crippen molar-refractivity contribution < 1.29 is 9.22 Å². The molecule has 3 heteroatoms. The molecule has 1 fully saturated rings. The fraction of sp³-hybridized carbons (Fsp3) is 0.250. The number of carbonyl (C=O) groups excluding carboxylic acids is 1. The zero-order valence-electron chi connectivity index (χ0n) is 13.4. The summed E-state index contributed by atoms with van der Waals surface area (Å²) >= 11 is 0. The van der Waals surface area contributed by atoms with Crippen molar-refractivity contribution in [2.45, 2.75) is 24.9 Å². The first-order chi connectivity index (χ1) is 11.2. The Bertz CT molecular complexity index is 679. The van der Waals surface area contributed by atoms with Crippen molar-refractivity contribution in [3.05, 3.63) is 72.3 Å². The highest BCUT2D eigenvalue weighted by atomic mass is 28.2. The van der Waals surface area contributed by atoms with Crippen LogP contribution in [0.4, 0.5) is 0 Å². The van der Waals surface area contributed by atoms with Crippen molar-refractivity contribution in [2.24, 2.45) is 5.92 Å². The highest BCUT2D eigenvalue weighted by Gasteiger charge is 2.34. The largest absolute Gasteiger partial charge is 0.421 e. The number of carbonyl (C=O) groups is 1. The average Bonchev–Trinajstić information content (AvgIpc) is 2.98. The molecule has 2 nitrogen and oxygen atoms in total. The van der Waals surface area contributed by atoms with Gasteiger partial charge in [0, 0.05) is 5.92 Å². The fourth-order valence-corrected chi connectivity index (χ4v) is 4.09. The molecule has 3 atom stereocenters. The summed E-state index contributed by atoms with van der Waals surface area (Å²) in [5.74, 6) is 0.0863. The van der Waals surface area contributed by atoms with Crippen molar-refractivity contribution in [1.29, 1.82) is 0 Å².